The van der Waals surface area contributed by atoms with Gasteiger partial charge in [0.2, 0.25) is 0 Å². The third-order valence-corrected chi connectivity index (χ3v) is 7.63. The highest BCUT2D eigenvalue weighted by Crippen LogP contribution is 2.42. The summed E-state index contributed by atoms with van der Waals surface area (Å²) in [6.07, 6.45) is 8.19. The van der Waals surface area contributed by atoms with Gasteiger partial charge in [0.15, 0.2) is 0 Å². The second kappa shape index (κ2) is 13.3. The highest BCUT2D eigenvalue weighted by atomic mass is 79.9. The van der Waals surface area contributed by atoms with Crippen LogP contribution in [0.25, 0.3) is 22.3 Å². The molecule has 0 N–H and O–H groups in total. The molecule has 0 amide bonds. The number of aliphatic imine (C=N–C) groups is 1. The van der Waals surface area contributed by atoms with Crippen molar-refractivity contribution in [2.75, 3.05) is 4.90 Å². The number of para-hydroxylation sites is 1. The van der Waals surface area contributed by atoms with Gasteiger partial charge in [-0.15, -0.1) is 0 Å². The summed E-state index contributed by atoms with van der Waals surface area (Å²) in [5.74, 6) is 0. The van der Waals surface area contributed by atoms with Gasteiger partial charge in [-0.1, -0.05) is 101 Å². The first-order chi connectivity index (χ1) is 20.0. The Morgan fingerprint density at radius 3 is 2.07 bits per heavy atom. The Labute approximate surface area is 252 Å². The summed E-state index contributed by atoms with van der Waals surface area (Å²) in [5, 5.41) is 0. The van der Waals surface area contributed by atoms with E-state index in [4.69, 9.17) is 0 Å². The van der Waals surface area contributed by atoms with Gasteiger partial charge in [0.25, 0.3) is 0 Å². The first-order valence-electron chi connectivity index (χ1n) is 13.7. The molecule has 0 saturated carbocycles. The molecule has 0 aliphatic rings. The van der Waals surface area contributed by atoms with Gasteiger partial charge in [-0.05, 0) is 102 Å². The summed E-state index contributed by atoms with van der Waals surface area (Å²) in [4.78, 5) is 6.39. The van der Waals surface area contributed by atoms with Crippen LogP contribution < -0.4 is 4.90 Å². The molecule has 3 heteroatoms. The molecule has 0 atom stereocenters. The number of nitrogens with zero attached hydrogens (tertiary/aromatic N) is 2. The van der Waals surface area contributed by atoms with Gasteiger partial charge >= 0.3 is 0 Å². The highest BCUT2D eigenvalue weighted by molar-refractivity contribution is 9.10. The number of benzene rings is 5. The van der Waals surface area contributed by atoms with Gasteiger partial charge < -0.3 is 4.90 Å². The van der Waals surface area contributed by atoms with Gasteiger partial charge in [-0.3, -0.25) is 4.99 Å². The smallest absolute Gasteiger partial charge is 0.0540 e. The van der Waals surface area contributed by atoms with Crippen LogP contribution in [0.3, 0.4) is 0 Å². The number of hydrogen-bond donors (Lipinski definition) is 0. The van der Waals surface area contributed by atoms with E-state index in [-0.39, 0.29) is 0 Å². The molecular weight excluding hydrogens is 564 g/mol. The molecule has 0 bridgehead atoms. The van der Waals surface area contributed by atoms with Crippen molar-refractivity contribution in [3.05, 3.63) is 161 Å². The molecule has 0 fully saturated rings. The van der Waals surface area contributed by atoms with Crippen molar-refractivity contribution in [1.29, 1.82) is 0 Å². The Morgan fingerprint density at radius 1 is 0.707 bits per heavy atom. The standard InChI is InChI=1S/C38H33BrN2/c1-4-40-25-11-10-12-30-17-20-33(21-18-30)41(38-16-9-8-15-37(38)31-13-6-5-7-14-31)34-22-24-36(29(3)27-34)35-23-19-32(39)26-28(35)2/h4-11,13-27H,1,12H2,2-3H3/b11-10-,40-25-. The average molecular weight is 598 g/mol. The predicted molar refractivity (Wildman–Crippen MR) is 181 cm³/mol. The Morgan fingerprint density at radius 2 is 1.37 bits per heavy atom. The summed E-state index contributed by atoms with van der Waals surface area (Å²) in [7, 11) is 0. The second-order valence-electron chi connectivity index (χ2n) is 9.96. The van der Waals surface area contributed by atoms with Crippen LogP contribution in [0, 0.1) is 13.8 Å². The maximum Gasteiger partial charge on any atom is 0.0540 e. The zero-order valence-corrected chi connectivity index (χ0v) is 25.1. The average Bonchev–Trinajstić information content (AvgIpc) is 2.99. The summed E-state index contributed by atoms with van der Waals surface area (Å²) >= 11 is 3.60. The molecule has 0 radical (unpaired) electrons. The van der Waals surface area contributed by atoms with Gasteiger partial charge in [0.05, 0.1) is 5.69 Å². The Bertz CT molecular complexity index is 1700. The van der Waals surface area contributed by atoms with E-state index >= 15 is 0 Å². The lowest BCUT2D eigenvalue weighted by Crippen LogP contribution is -2.11. The molecule has 2 nitrogen and oxygen atoms in total. The number of halogens is 1. The van der Waals surface area contributed by atoms with Crippen molar-refractivity contribution in [1.82, 2.24) is 0 Å². The monoisotopic (exact) mass is 596 g/mol. The van der Waals surface area contributed by atoms with Crippen molar-refractivity contribution >= 4 is 39.2 Å². The Kier molecular flexibility index (Phi) is 9.08. The second-order valence-corrected chi connectivity index (χ2v) is 10.9. The maximum atomic E-state index is 4.03. The predicted octanol–water partition coefficient (Wildman–Crippen LogP) is 11.2. The third-order valence-electron chi connectivity index (χ3n) is 7.14. The lowest BCUT2D eigenvalue weighted by molar-refractivity contribution is 1.23. The minimum atomic E-state index is 0.838. The van der Waals surface area contributed by atoms with E-state index in [1.165, 1.54) is 45.1 Å². The molecule has 0 aromatic heterocycles. The summed E-state index contributed by atoms with van der Waals surface area (Å²) in [6.45, 7) is 7.98. The zero-order valence-electron chi connectivity index (χ0n) is 23.5. The van der Waals surface area contributed by atoms with E-state index in [0.717, 1.165) is 28.0 Å². The van der Waals surface area contributed by atoms with Crippen LogP contribution >= 0.6 is 15.9 Å². The molecule has 202 valence electrons. The van der Waals surface area contributed by atoms with Gasteiger partial charge in [-0.25, -0.2) is 0 Å². The van der Waals surface area contributed by atoms with Crippen molar-refractivity contribution in [2.24, 2.45) is 4.99 Å². The number of aryl methyl sites for hydroxylation is 2. The van der Waals surface area contributed by atoms with Crippen LogP contribution in [0.2, 0.25) is 0 Å². The Balaban J connectivity index is 1.59. The third kappa shape index (κ3) is 6.65. The van der Waals surface area contributed by atoms with Gasteiger partial charge in [0, 0.05) is 33.8 Å². The lowest BCUT2D eigenvalue weighted by Gasteiger charge is -2.29. The first kappa shape index (κ1) is 28.1. The van der Waals surface area contributed by atoms with E-state index in [2.05, 4.69) is 168 Å². The fourth-order valence-electron chi connectivity index (χ4n) is 5.13. The molecule has 0 unspecified atom stereocenters. The fourth-order valence-corrected chi connectivity index (χ4v) is 5.61. The number of anilines is 3. The SMILES string of the molecule is C=C/N=C\C=C/Cc1ccc(N(c2ccc(-c3ccc(Br)cc3C)c(C)c2)c2ccccc2-c2ccccc2)cc1. The number of rotatable bonds is 9. The fraction of sp³-hybridized carbons (Fsp3) is 0.0789. The van der Waals surface area contributed by atoms with Gasteiger partial charge in [0.1, 0.15) is 0 Å². The molecule has 0 spiro atoms. The first-order valence-corrected chi connectivity index (χ1v) is 14.5. The van der Waals surface area contributed by atoms with Crippen LogP contribution in [0.1, 0.15) is 16.7 Å². The minimum absolute atomic E-state index is 0.838. The van der Waals surface area contributed by atoms with Crippen LogP contribution in [0.5, 0.6) is 0 Å². The van der Waals surface area contributed by atoms with E-state index in [1.54, 1.807) is 6.21 Å². The maximum absolute atomic E-state index is 4.03. The lowest BCUT2D eigenvalue weighted by atomic mass is 9.95. The number of allylic oxidation sites excluding steroid dienone is 2. The molecule has 0 heterocycles. The molecule has 0 aliphatic heterocycles. The quantitative estimate of drug-likeness (QED) is 0.154. The topological polar surface area (TPSA) is 15.6 Å². The zero-order chi connectivity index (χ0) is 28.6. The highest BCUT2D eigenvalue weighted by Gasteiger charge is 2.18. The Hall–Kier alpha value is -4.47. The number of hydrogen-bond acceptors (Lipinski definition) is 2. The van der Waals surface area contributed by atoms with E-state index in [9.17, 15) is 0 Å². The van der Waals surface area contributed by atoms with Crippen molar-refractivity contribution in [3.63, 3.8) is 0 Å². The molecule has 5 rings (SSSR count). The summed E-state index contributed by atoms with van der Waals surface area (Å²) < 4.78 is 1.10. The molecule has 5 aromatic carbocycles. The van der Waals surface area contributed by atoms with Crippen LogP contribution in [-0.2, 0) is 6.42 Å². The van der Waals surface area contributed by atoms with Crippen LogP contribution in [0.15, 0.2) is 150 Å². The van der Waals surface area contributed by atoms with E-state index in [1.807, 2.05) is 6.08 Å². The van der Waals surface area contributed by atoms with Crippen molar-refractivity contribution < 1.29 is 0 Å². The van der Waals surface area contributed by atoms with Crippen molar-refractivity contribution in [3.8, 4) is 22.3 Å². The van der Waals surface area contributed by atoms with Crippen LogP contribution in [0.4, 0.5) is 17.1 Å². The summed E-state index contributed by atoms with van der Waals surface area (Å²) in [5.41, 5.74) is 12.0. The van der Waals surface area contributed by atoms with Crippen molar-refractivity contribution in [2.45, 2.75) is 20.3 Å². The molecule has 5 aromatic rings. The normalized spacial score (nSPS) is 11.3. The largest absolute Gasteiger partial charge is 0.310 e. The van der Waals surface area contributed by atoms with E-state index in [0.29, 0.717) is 0 Å². The summed E-state index contributed by atoms with van der Waals surface area (Å²) in [6, 6.07) is 41.3. The molecule has 41 heavy (non-hydrogen) atoms. The van der Waals surface area contributed by atoms with E-state index < -0.39 is 0 Å². The molecular formula is C38H33BrN2. The molecule has 0 saturated heterocycles. The van der Waals surface area contributed by atoms with Gasteiger partial charge in [-0.2, -0.15) is 0 Å². The minimum Gasteiger partial charge on any atom is -0.310 e. The molecule has 0 aliphatic carbocycles. The van der Waals surface area contributed by atoms with Crippen LogP contribution in [-0.4, -0.2) is 6.21 Å².